The molecule has 0 radical (unpaired) electrons. The summed E-state index contributed by atoms with van der Waals surface area (Å²) in [6.45, 7) is 18.1. The van der Waals surface area contributed by atoms with E-state index in [4.69, 9.17) is 9.47 Å². The third-order valence-corrected chi connectivity index (χ3v) is 25.1. The van der Waals surface area contributed by atoms with E-state index in [-0.39, 0.29) is 23.7 Å². The first-order chi connectivity index (χ1) is 36.0. The van der Waals surface area contributed by atoms with E-state index in [0.29, 0.717) is 102 Å². The molecule has 3 aromatic rings. The standard InChI is InChI=1S/C65H91N3O8/c1-58(2)57(76-58)48(71)31-59(3)18-15-39-34-67-53-40(27-37-28-44-42-12-10-9-11-38(42)13-14-43(44)46(29-37)65(74)22-25-75-26-23-65)35-68(54(39)53)36-45-51-52(59)47(70)32-62(51,6)61(5)19-17-49-60(4,21-24-66-8)50(72)33-64(20-16-41(69)30-64)63(49,7)56(61)55(45)73/h28-29,34-35,38,41-42,45,48-49,55-57,66-67,69,71,73-74H,9-27,30-33,36H2,1-8H3/t38-,41-,42-,45-,48+,49-,55+,56-,57+,59-,60-,61-,62-,63+,64+/m0/s1. The van der Waals surface area contributed by atoms with Crippen LogP contribution in [0, 0.1) is 56.2 Å². The second-order valence-corrected chi connectivity index (χ2v) is 29.2. The predicted molar refractivity (Wildman–Crippen MR) is 294 cm³/mol. The monoisotopic (exact) mass is 1040 g/mol. The van der Waals surface area contributed by atoms with Gasteiger partial charge in [0.2, 0.25) is 0 Å². The maximum Gasteiger partial charge on any atom is 0.160 e. The van der Waals surface area contributed by atoms with E-state index < -0.39 is 67.9 Å². The van der Waals surface area contributed by atoms with Crippen molar-refractivity contribution in [2.24, 2.45) is 56.2 Å². The van der Waals surface area contributed by atoms with Crippen LogP contribution in [0.3, 0.4) is 0 Å². The van der Waals surface area contributed by atoms with Gasteiger partial charge in [0.05, 0.1) is 40.5 Å². The number of allylic oxidation sites excluding steroid dienone is 1. The molecule has 0 amide bonds. The first-order valence-corrected chi connectivity index (χ1v) is 30.4. The zero-order valence-electron chi connectivity index (χ0n) is 47.3. The normalized spacial score (nSPS) is 42.6. The van der Waals surface area contributed by atoms with Crippen LogP contribution in [0.1, 0.15) is 197 Å². The minimum atomic E-state index is -0.917. The lowest BCUT2D eigenvalue weighted by atomic mass is 9.30. The highest BCUT2D eigenvalue weighted by molar-refractivity contribution is 6.02. The lowest BCUT2D eigenvalue weighted by Crippen LogP contribution is -2.72. The number of hydrogen-bond donors (Lipinski definition) is 6. The number of aliphatic hydroxyl groups is 4. The first-order valence-electron chi connectivity index (χ1n) is 30.4. The average Bonchev–Trinajstić information content (AvgIpc) is 3.49. The summed E-state index contributed by atoms with van der Waals surface area (Å²) in [4.78, 5) is 34.5. The number of rotatable bonds is 9. The van der Waals surface area contributed by atoms with Crippen molar-refractivity contribution in [3.63, 3.8) is 0 Å². The molecule has 7 aliphatic carbocycles. The number of epoxide rings is 1. The van der Waals surface area contributed by atoms with E-state index in [2.05, 4.69) is 74.0 Å². The van der Waals surface area contributed by atoms with Crippen LogP contribution in [0.2, 0.25) is 0 Å². The maximum absolute atomic E-state index is 15.7. The molecule has 3 aliphatic heterocycles. The Morgan fingerprint density at radius 3 is 2.38 bits per heavy atom. The quantitative estimate of drug-likeness (QED) is 0.114. The van der Waals surface area contributed by atoms with Crippen LogP contribution >= 0.6 is 0 Å². The summed E-state index contributed by atoms with van der Waals surface area (Å²) < 4.78 is 14.4. The third kappa shape index (κ3) is 7.28. The number of aliphatic hydroxyl groups excluding tert-OH is 3. The fraction of sp³-hybridized carbons (Fsp3) is 0.754. The molecule has 7 fully saturated rings. The molecule has 1 aromatic carbocycles. The highest BCUT2D eigenvalue weighted by atomic mass is 16.6. The second kappa shape index (κ2) is 17.7. The number of Topliss-reactive ketones (excluding diaryl/α,β-unsaturated/α-hetero) is 2. The highest BCUT2D eigenvalue weighted by Gasteiger charge is 2.77. The summed E-state index contributed by atoms with van der Waals surface area (Å²) >= 11 is 0. The van der Waals surface area contributed by atoms with Crippen LogP contribution in [-0.4, -0.2) is 98.4 Å². The summed E-state index contributed by atoms with van der Waals surface area (Å²) in [5.41, 5.74) is 6.98. The highest BCUT2D eigenvalue weighted by Crippen LogP contribution is 2.80. The van der Waals surface area contributed by atoms with Crippen molar-refractivity contribution in [1.29, 1.82) is 0 Å². The second-order valence-electron chi connectivity index (χ2n) is 29.2. The molecule has 5 saturated carbocycles. The van der Waals surface area contributed by atoms with Crippen molar-refractivity contribution < 1.29 is 39.5 Å². The molecule has 2 saturated heterocycles. The number of carbonyl (C=O) groups is 2. The van der Waals surface area contributed by atoms with Gasteiger partial charge in [-0.1, -0.05) is 59.6 Å². The maximum atomic E-state index is 15.7. The molecule has 15 atom stereocenters. The fourth-order valence-corrected chi connectivity index (χ4v) is 21.0. The lowest BCUT2D eigenvalue weighted by Gasteiger charge is -2.74. The van der Waals surface area contributed by atoms with E-state index in [1.54, 1.807) is 0 Å². The Morgan fingerprint density at radius 1 is 0.895 bits per heavy atom. The van der Waals surface area contributed by atoms with Gasteiger partial charge in [-0.15, -0.1) is 0 Å². The van der Waals surface area contributed by atoms with E-state index in [1.165, 1.54) is 59.9 Å². The summed E-state index contributed by atoms with van der Waals surface area (Å²) in [6.07, 6.45) is 18.1. The van der Waals surface area contributed by atoms with Gasteiger partial charge in [-0.3, -0.25) is 9.59 Å². The number of H-pyrrole nitrogens is 1. The molecule has 0 bridgehead atoms. The number of carbonyl (C=O) groups excluding carboxylic acids is 2. The number of hydrogen-bond acceptors (Lipinski definition) is 9. The molecule has 11 nitrogen and oxygen atoms in total. The van der Waals surface area contributed by atoms with E-state index >= 15 is 4.79 Å². The van der Waals surface area contributed by atoms with E-state index in [9.17, 15) is 25.2 Å². The molecule has 1 spiro atoms. The number of nitrogens with zero attached hydrogens (tertiary/aromatic N) is 1. The molecule has 5 heterocycles. The molecule has 2 aromatic heterocycles. The third-order valence-electron chi connectivity index (χ3n) is 25.1. The van der Waals surface area contributed by atoms with E-state index in [1.807, 2.05) is 20.9 Å². The summed E-state index contributed by atoms with van der Waals surface area (Å²) in [5, 5.41) is 54.1. The molecular formula is C65H91N3O8. The van der Waals surface area contributed by atoms with Crippen molar-refractivity contribution in [3.05, 3.63) is 69.1 Å². The molecule has 76 heavy (non-hydrogen) atoms. The number of aryl methyl sites for hydroxylation is 1. The van der Waals surface area contributed by atoms with Gasteiger partial charge in [0.25, 0.3) is 0 Å². The number of ether oxygens (including phenoxy) is 2. The minimum absolute atomic E-state index is 0.00840. The molecular weight excluding hydrogens is 951 g/mol. The summed E-state index contributed by atoms with van der Waals surface area (Å²) in [5.74, 6) is 0.978. The largest absolute Gasteiger partial charge is 0.393 e. The van der Waals surface area contributed by atoms with E-state index in [0.717, 1.165) is 66.4 Å². The van der Waals surface area contributed by atoms with Gasteiger partial charge >= 0.3 is 0 Å². The Balaban J connectivity index is 0.980. The van der Waals surface area contributed by atoms with Crippen LogP contribution in [0.5, 0.6) is 0 Å². The number of aromatic amines is 1. The molecule has 414 valence electrons. The van der Waals surface area contributed by atoms with Gasteiger partial charge < -0.3 is 44.8 Å². The van der Waals surface area contributed by atoms with Gasteiger partial charge in [-0.25, -0.2) is 0 Å². The SMILES string of the molecule is CNCC[C@]1(C)C(=O)C[C@]2(CC[C@H](O)C2)[C@@]2(C)[C@H]3[C@H](O)[C@H]4Cn5cc(Cc6cc7c(c(C8(O)CCOCC8)c6)CC[C@@H]6CCCC[C@H]76)c6[nH]cc(c65)CC[C@@](C)(C[C@@H](O)[C@H]5OC5(C)C)C5=C4[C@](C)(CC5=O)[C@@]3(C)CC[C@H]21. The van der Waals surface area contributed by atoms with Crippen molar-refractivity contribution in [2.45, 2.75) is 225 Å². The smallest absolute Gasteiger partial charge is 0.160 e. The molecule has 13 rings (SSSR count). The van der Waals surface area contributed by atoms with Gasteiger partial charge in [-0.05, 0) is 195 Å². The number of fused-ring (bicyclic) bond motifs is 8. The van der Waals surface area contributed by atoms with Crippen molar-refractivity contribution in [3.8, 4) is 0 Å². The number of ketones is 2. The lowest BCUT2D eigenvalue weighted by molar-refractivity contribution is -0.262. The predicted octanol–water partition coefficient (Wildman–Crippen LogP) is 10.1. The molecule has 10 aliphatic rings. The Morgan fingerprint density at radius 2 is 1.66 bits per heavy atom. The van der Waals surface area contributed by atoms with Crippen LogP contribution < -0.4 is 5.32 Å². The zero-order valence-corrected chi connectivity index (χ0v) is 47.3. The van der Waals surface area contributed by atoms with Crippen LogP contribution in [0.15, 0.2) is 35.7 Å². The van der Waals surface area contributed by atoms with Crippen molar-refractivity contribution >= 4 is 22.6 Å². The number of benzene rings is 1. The van der Waals surface area contributed by atoms with Gasteiger partial charge in [0.15, 0.2) is 5.78 Å². The first kappa shape index (κ1) is 52.2. The summed E-state index contributed by atoms with van der Waals surface area (Å²) in [7, 11) is 1.97. The molecule has 6 N–H and O–H groups in total. The van der Waals surface area contributed by atoms with Crippen LogP contribution in [-0.2, 0) is 50.5 Å². The van der Waals surface area contributed by atoms with Crippen molar-refractivity contribution in [1.82, 2.24) is 14.9 Å². The Bertz CT molecular complexity index is 2890. The van der Waals surface area contributed by atoms with Crippen LogP contribution in [0.4, 0.5) is 0 Å². The number of nitrogens with one attached hydrogen (secondary N) is 2. The minimum Gasteiger partial charge on any atom is -0.393 e. The van der Waals surface area contributed by atoms with Gasteiger partial charge in [0.1, 0.15) is 11.9 Å². The topological polar surface area (TPSA) is 170 Å². The Labute approximate surface area is 452 Å². The fourth-order valence-electron chi connectivity index (χ4n) is 21.0. The number of aromatic nitrogens is 2. The van der Waals surface area contributed by atoms with Crippen LogP contribution in [0.25, 0.3) is 11.0 Å². The van der Waals surface area contributed by atoms with Crippen molar-refractivity contribution in [2.75, 3.05) is 26.8 Å². The Hall–Kier alpha value is -3.16. The molecule has 0 unspecified atom stereocenters. The average molecular weight is 1040 g/mol. The van der Waals surface area contributed by atoms with Gasteiger partial charge in [-0.2, -0.15) is 0 Å². The summed E-state index contributed by atoms with van der Waals surface area (Å²) in [6, 6.07) is 4.86. The Kier molecular flexibility index (Phi) is 12.1. The van der Waals surface area contributed by atoms with Gasteiger partial charge in [0, 0.05) is 86.6 Å². The molecule has 11 heteroatoms. The zero-order chi connectivity index (χ0) is 53.3.